The SMILES string of the molecule is CCOc1cc(C(=O)N2CCCOC2C)cc(OCC)c1OCC. The molecular weight excluding hydrogens is 310 g/mol. The number of amides is 1. The van der Waals surface area contributed by atoms with Crippen molar-refractivity contribution < 1.29 is 23.7 Å². The van der Waals surface area contributed by atoms with E-state index < -0.39 is 0 Å². The molecular formula is C18H27NO5. The summed E-state index contributed by atoms with van der Waals surface area (Å²) < 4.78 is 22.6. The molecule has 0 N–H and O–H groups in total. The first-order valence-electron chi connectivity index (χ1n) is 8.61. The minimum absolute atomic E-state index is 0.0906. The number of rotatable bonds is 7. The number of benzene rings is 1. The fourth-order valence-electron chi connectivity index (χ4n) is 2.71. The molecule has 2 rings (SSSR count). The van der Waals surface area contributed by atoms with E-state index in [-0.39, 0.29) is 12.1 Å². The first kappa shape index (κ1) is 18.4. The molecule has 1 aliphatic heterocycles. The molecule has 1 aromatic carbocycles. The monoisotopic (exact) mass is 337 g/mol. The molecule has 1 atom stereocenters. The zero-order valence-electron chi connectivity index (χ0n) is 15.0. The lowest BCUT2D eigenvalue weighted by atomic mass is 10.1. The Labute approximate surface area is 143 Å². The van der Waals surface area contributed by atoms with Crippen LogP contribution in [-0.2, 0) is 4.74 Å². The van der Waals surface area contributed by atoms with Crippen LogP contribution >= 0.6 is 0 Å². The van der Waals surface area contributed by atoms with Crippen LogP contribution in [0.1, 0.15) is 44.5 Å². The van der Waals surface area contributed by atoms with Gasteiger partial charge in [-0.15, -0.1) is 0 Å². The van der Waals surface area contributed by atoms with Gasteiger partial charge < -0.3 is 23.8 Å². The summed E-state index contributed by atoms with van der Waals surface area (Å²) in [6.07, 6.45) is 0.605. The van der Waals surface area contributed by atoms with Gasteiger partial charge in [-0.3, -0.25) is 4.79 Å². The third-order valence-corrected chi connectivity index (χ3v) is 3.76. The van der Waals surface area contributed by atoms with Crippen LogP contribution in [0.5, 0.6) is 17.2 Å². The average molecular weight is 337 g/mol. The Morgan fingerprint density at radius 2 is 1.71 bits per heavy atom. The predicted octanol–water partition coefficient (Wildman–Crippen LogP) is 3.09. The predicted molar refractivity (Wildman–Crippen MR) is 91.0 cm³/mol. The van der Waals surface area contributed by atoms with Gasteiger partial charge in [-0.05, 0) is 46.2 Å². The van der Waals surface area contributed by atoms with E-state index in [1.54, 1.807) is 17.0 Å². The first-order chi connectivity index (χ1) is 11.6. The lowest BCUT2D eigenvalue weighted by Gasteiger charge is -2.33. The third kappa shape index (κ3) is 4.12. The second-order valence-electron chi connectivity index (χ2n) is 5.42. The maximum Gasteiger partial charge on any atom is 0.256 e. The topological polar surface area (TPSA) is 57.2 Å². The zero-order valence-corrected chi connectivity index (χ0v) is 15.0. The molecule has 6 nitrogen and oxygen atoms in total. The average Bonchev–Trinajstić information content (AvgIpc) is 2.58. The van der Waals surface area contributed by atoms with Gasteiger partial charge in [-0.2, -0.15) is 0 Å². The van der Waals surface area contributed by atoms with Crippen LogP contribution < -0.4 is 14.2 Å². The summed E-state index contributed by atoms with van der Waals surface area (Å²) >= 11 is 0. The molecule has 134 valence electrons. The van der Waals surface area contributed by atoms with Crippen LogP contribution in [0.25, 0.3) is 0 Å². The van der Waals surface area contributed by atoms with Gasteiger partial charge in [0.25, 0.3) is 5.91 Å². The summed E-state index contributed by atoms with van der Waals surface area (Å²) in [5.74, 6) is 1.51. The molecule has 0 bridgehead atoms. The van der Waals surface area contributed by atoms with Gasteiger partial charge >= 0.3 is 0 Å². The van der Waals surface area contributed by atoms with Crippen LogP contribution in [0.2, 0.25) is 0 Å². The van der Waals surface area contributed by atoms with Crippen LogP contribution in [0.3, 0.4) is 0 Å². The van der Waals surface area contributed by atoms with Gasteiger partial charge in [0, 0.05) is 12.1 Å². The van der Waals surface area contributed by atoms with Gasteiger partial charge in [0.15, 0.2) is 11.5 Å². The van der Waals surface area contributed by atoms with Gasteiger partial charge in [0.05, 0.1) is 26.4 Å². The number of ether oxygens (including phenoxy) is 4. The quantitative estimate of drug-likeness (QED) is 0.765. The van der Waals surface area contributed by atoms with E-state index in [1.165, 1.54) is 0 Å². The van der Waals surface area contributed by atoms with E-state index in [9.17, 15) is 4.79 Å². The Kier molecular flexibility index (Phi) is 6.73. The molecule has 1 aromatic rings. The smallest absolute Gasteiger partial charge is 0.256 e. The van der Waals surface area contributed by atoms with Crippen LogP contribution in [0.15, 0.2) is 12.1 Å². The normalized spacial score (nSPS) is 17.5. The fourth-order valence-corrected chi connectivity index (χ4v) is 2.71. The van der Waals surface area contributed by atoms with Crippen molar-refractivity contribution in [3.05, 3.63) is 17.7 Å². The van der Waals surface area contributed by atoms with Crippen molar-refractivity contribution in [3.63, 3.8) is 0 Å². The van der Waals surface area contributed by atoms with Crippen molar-refractivity contribution in [2.24, 2.45) is 0 Å². The molecule has 6 heteroatoms. The first-order valence-corrected chi connectivity index (χ1v) is 8.61. The largest absolute Gasteiger partial charge is 0.490 e. The number of hydrogen-bond acceptors (Lipinski definition) is 5. The second-order valence-corrected chi connectivity index (χ2v) is 5.42. The molecule has 1 unspecified atom stereocenters. The van der Waals surface area contributed by atoms with Gasteiger partial charge in [-0.1, -0.05) is 0 Å². The van der Waals surface area contributed by atoms with Crippen molar-refractivity contribution in [1.29, 1.82) is 0 Å². The highest BCUT2D eigenvalue weighted by Gasteiger charge is 2.27. The highest BCUT2D eigenvalue weighted by Crippen LogP contribution is 2.39. The molecule has 0 spiro atoms. The van der Waals surface area contributed by atoms with Gasteiger partial charge in [0.1, 0.15) is 6.23 Å². The molecule has 1 heterocycles. The molecule has 1 saturated heterocycles. The van der Waals surface area contributed by atoms with Crippen molar-refractivity contribution in [1.82, 2.24) is 4.90 Å². The Morgan fingerprint density at radius 3 is 2.21 bits per heavy atom. The minimum atomic E-state index is -0.232. The Morgan fingerprint density at radius 1 is 1.12 bits per heavy atom. The van der Waals surface area contributed by atoms with Crippen LogP contribution in [0.4, 0.5) is 0 Å². The van der Waals surface area contributed by atoms with E-state index >= 15 is 0 Å². The summed E-state index contributed by atoms with van der Waals surface area (Å²) in [6, 6.07) is 3.45. The maximum atomic E-state index is 12.9. The van der Waals surface area contributed by atoms with Gasteiger partial charge in [-0.25, -0.2) is 0 Å². The van der Waals surface area contributed by atoms with E-state index in [4.69, 9.17) is 18.9 Å². The lowest BCUT2D eigenvalue weighted by molar-refractivity contribution is -0.0661. The van der Waals surface area contributed by atoms with E-state index in [0.29, 0.717) is 55.8 Å². The Hall–Kier alpha value is -1.95. The molecule has 24 heavy (non-hydrogen) atoms. The van der Waals surface area contributed by atoms with Crippen LogP contribution in [0, 0.1) is 0 Å². The number of carbonyl (C=O) groups excluding carboxylic acids is 1. The summed E-state index contributed by atoms with van der Waals surface area (Å²) in [5.41, 5.74) is 0.516. The highest BCUT2D eigenvalue weighted by molar-refractivity contribution is 5.95. The van der Waals surface area contributed by atoms with Crippen LogP contribution in [-0.4, -0.2) is 50.0 Å². The second kappa shape index (κ2) is 8.78. The van der Waals surface area contributed by atoms with E-state index in [2.05, 4.69) is 0 Å². The van der Waals surface area contributed by atoms with Crippen molar-refractivity contribution in [3.8, 4) is 17.2 Å². The fraction of sp³-hybridized carbons (Fsp3) is 0.611. The molecule has 0 aliphatic carbocycles. The van der Waals surface area contributed by atoms with Gasteiger partial charge in [0.2, 0.25) is 5.75 Å². The molecule has 0 radical (unpaired) electrons. The number of hydrogen-bond donors (Lipinski definition) is 0. The summed E-state index contributed by atoms with van der Waals surface area (Å²) in [4.78, 5) is 14.6. The minimum Gasteiger partial charge on any atom is -0.490 e. The number of nitrogens with zero attached hydrogens (tertiary/aromatic N) is 1. The molecule has 0 saturated carbocycles. The summed E-state index contributed by atoms with van der Waals surface area (Å²) in [5, 5.41) is 0. The molecule has 1 amide bonds. The zero-order chi connectivity index (χ0) is 17.5. The van der Waals surface area contributed by atoms with E-state index in [0.717, 1.165) is 6.42 Å². The summed E-state index contributed by atoms with van der Waals surface area (Å²) in [7, 11) is 0. The molecule has 1 aliphatic rings. The highest BCUT2D eigenvalue weighted by atomic mass is 16.5. The van der Waals surface area contributed by atoms with Crippen molar-refractivity contribution in [2.45, 2.75) is 40.3 Å². The Balaban J connectivity index is 2.39. The standard InChI is InChI=1S/C18H27NO5/c1-5-21-15-11-14(12-16(22-6-2)17(15)23-7-3)18(20)19-9-8-10-24-13(19)4/h11-13H,5-10H2,1-4H3. The van der Waals surface area contributed by atoms with Crippen molar-refractivity contribution >= 4 is 5.91 Å². The van der Waals surface area contributed by atoms with Crippen molar-refractivity contribution in [2.75, 3.05) is 33.0 Å². The molecule has 1 fully saturated rings. The summed E-state index contributed by atoms with van der Waals surface area (Å²) in [6.45, 7) is 10.4. The Bertz CT molecular complexity index is 533. The number of carbonyl (C=O) groups is 1. The lowest BCUT2D eigenvalue weighted by Crippen LogP contribution is -2.44. The van der Waals surface area contributed by atoms with E-state index in [1.807, 2.05) is 27.7 Å². The third-order valence-electron chi connectivity index (χ3n) is 3.76. The molecule has 0 aromatic heterocycles. The maximum absolute atomic E-state index is 12.9.